The molecule has 6 heteroatoms. The number of nitrogens with one attached hydrogen (secondary N) is 1. The SMILES string of the molecule is C=CC(=O)NCc1ccc(C(=O)N2CC(C)Oc3ncccc32)cc1. The van der Waals surface area contributed by atoms with Crippen molar-refractivity contribution in [1.29, 1.82) is 0 Å². The highest BCUT2D eigenvalue weighted by molar-refractivity contribution is 6.07. The summed E-state index contributed by atoms with van der Waals surface area (Å²) in [5, 5.41) is 2.70. The highest BCUT2D eigenvalue weighted by Gasteiger charge is 2.28. The zero-order valence-electron chi connectivity index (χ0n) is 13.9. The summed E-state index contributed by atoms with van der Waals surface area (Å²) in [6.07, 6.45) is 2.74. The molecule has 0 bridgehead atoms. The molecule has 25 heavy (non-hydrogen) atoms. The largest absolute Gasteiger partial charge is 0.471 e. The molecule has 0 saturated carbocycles. The first-order valence-corrected chi connectivity index (χ1v) is 8.01. The molecule has 1 aliphatic heterocycles. The van der Waals surface area contributed by atoms with Crippen LogP contribution in [0.1, 0.15) is 22.8 Å². The van der Waals surface area contributed by atoms with Crippen molar-refractivity contribution in [2.45, 2.75) is 19.6 Å². The Labute approximate surface area is 146 Å². The van der Waals surface area contributed by atoms with Gasteiger partial charge in [0.2, 0.25) is 11.8 Å². The minimum Gasteiger partial charge on any atom is -0.471 e. The fourth-order valence-electron chi connectivity index (χ4n) is 2.64. The van der Waals surface area contributed by atoms with E-state index in [4.69, 9.17) is 4.74 Å². The number of fused-ring (bicyclic) bond motifs is 1. The van der Waals surface area contributed by atoms with Gasteiger partial charge in [0.15, 0.2) is 0 Å². The summed E-state index contributed by atoms with van der Waals surface area (Å²) in [4.78, 5) is 30.0. The van der Waals surface area contributed by atoms with E-state index in [9.17, 15) is 9.59 Å². The van der Waals surface area contributed by atoms with Crippen molar-refractivity contribution in [3.8, 4) is 5.88 Å². The quantitative estimate of drug-likeness (QED) is 0.869. The molecule has 3 rings (SSSR count). The van der Waals surface area contributed by atoms with Gasteiger partial charge in [-0.05, 0) is 42.8 Å². The number of hydrogen-bond acceptors (Lipinski definition) is 4. The van der Waals surface area contributed by atoms with Crippen LogP contribution in [0.3, 0.4) is 0 Å². The number of amides is 2. The van der Waals surface area contributed by atoms with E-state index in [2.05, 4.69) is 16.9 Å². The predicted molar refractivity (Wildman–Crippen MR) is 94.5 cm³/mol. The Hall–Kier alpha value is -3.15. The molecule has 2 aromatic rings. The molecule has 0 spiro atoms. The first-order valence-electron chi connectivity index (χ1n) is 8.01. The lowest BCUT2D eigenvalue weighted by atomic mass is 10.1. The Kier molecular flexibility index (Phi) is 4.79. The third kappa shape index (κ3) is 3.68. The summed E-state index contributed by atoms with van der Waals surface area (Å²) in [5.74, 6) is 0.135. The molecule has 1 aromatic heterocycles. The van der Waals surface area contributed by atoms with Crippen LogP contribution in [0.15, 0.2) is 55.3 Å². The molecule has 128 valence electrons. The summed E-state index contributed by atoms with van der Waals surface area (Å²) >= 11 is 0. The molecule has 1 N–H and O–H groups in total. The summed E-state index contributed by atoms with van der Waals surface area (Å²) < 4.78 is 5.68. The fourth-order valence-corrected chi connectivity index (χ4v) is 2.64. The van der Waals surface area contributed by atoms with Crippen molar-refractivity contribution < 1.29 is 14.3 Å². The van der Waals surface area contributed by atoms with E-state index < -0.39 is 0 Å². The van der Waals surface area contributed by atoms with Crippen molar-refractivity contribution in [1.82, 2.24) is 10.3 Å². The molecule has 6 nitrogen and oxygen atoms in total. The van der Waals surface area contributed by atoms with Crippen LogP contribution in [-0.2, 0) is 11.3 Å². The smallest absolute Gasteiger partial charge is 0.258 e. The lowest BCUT2D eigenvalue weighted by molar-refractivity contribution is -0.116. The molecule has 0 saturated heterocycles. The molecule has 0 radical (unpaired) electrons. The minimum atomic E-state index is -0.230. The first-order chi connectivity index (χ1) is 12.1. The minimum absolute atomic E-state index is 0.105. The van der Waals surface area contributed by atoms with Crippen LogP contribution in [0.25, 0.3) is 0 Å². The third-order valence-corrected chi connectivity index (χ3v) is 3.89. The van der Waals surface area contributed by atoms with Gasteiger partial charge >= 0.3 is 0 Å². The van der Waals surface area contributed by atoms with Crippen molar-refractivity contribution in [2.75, 3.05) is 11.4 Å². The van der Waals surface area contributed by atoms with Gasteiger partial charge in [-0.15, -0.1) is 0 Å². The number of nitrogens with zero attached hydrogens (tertiary/aromatic N) is 2. The van der Waals surface area contributed by atoms with Crippen LogP contribution in [0.2, 0.25) is 0 Å². The molecular formula is C19H19N3O3. The van der Waals surface area contributed by atoms with Gasteiger partial charge in [0.05, 0.1) is 6.54 Å². The van der Waals surface area contributed by atoms with Gasteiger partial charge in [0.1, 0.15) is 11.8 Å². The third-order valence-electron chi connectivity index (χ3n) is 3.89. The Balaban J connectivity index is 1.77. The number of benzene rings is 1. The lowest BCUT2D eigenvalue weighted by Crippen LogP contribution is -2.42. The van der Waals surface area contributed by atoms with Crippen LogP contribution in [0, 0.1) is 0 Å². The number of carbonyl (C=O) groups excluding carboxylic acids is 2. The summed E-state index contributed by atoms with van der Waals surface area (Å²) in [6, 6.07) is 10.8. The molecule has 1 unspecified atom stereocenters. The van der Waals surface area contributed by atoms with Gasteiger partial charge in [-0.2, -0.15) is 0 Å². The summed E-state index contributed by atoms with van der Waals surface area (Å²) in [7, 11) is 0. The van der Waals surface area contributed by atoms with E-state index in [1.807, 2.05) is 25.1 Å². The van der Waals surface area contributed by atoms with E-state index in [0.717, 1.165) is 5.56 Å². The molecule has 1 aliphatic rings. The topological polar surface area (TPSA) is 71.5 Å². The van der Waals surface area contributed by atoms with Crippen LogP contribution in [-0.4, -0.2) is 29.4 Å². The number of aromatic nitrogens is 1. The number of hydrogen-bond donors (Lipinski definition) is 1. The zero-order valence-corrected chi connectivity index (χ0v) is 13.9. The molecule has 2 amide bonds. The predicted octanol–water partition coefficient (Wildman–Crippen LogP) is 2.31. The summed E-state index contributed by atoms with van der Waals surface area (Å²) in [5.41, 5.74) is 2.15. The van der Waals surface area contributed by atoms with E-state index in [1.165, 1.54) is 6.08 Å². The standard InChI is InChI=1S/C19H19N3O3/c1-3-17(23)21-11-14-6-8-15(9-7-14)19(24)22-12-13(2)25-18-16(22)5-4-10-20-18/h3-10,13H,1,11-12H2,2H3,(H,21,23). The number of carbonyl (C=O) groups is 2. The van der Waals surface area contributed by atoms with E-state index in [1.54, 1.807) is 29.3 Å². The van der Waals surface area contributed by atoms with E-state index in [-0.39, 0.29) is 17.9 Å². The Morgan fingerprint density at radius 2 is 2.12 bits per heavy atom. The van der Waals surface area contributed by atoms with Crippen molar-refractivity contribution >= 4 is 17.5 Å². The monoisotopic (exact) mass is 337 g/mol. The second kappa shape index (κ2) is 7.17. The molecule has 2 heterocycles. The Morgan fingerprint density at radius 1 is 1.36 bits per heavy atom. The van der Waals surface area contributed by atoms with E-state index in [0.29, 0.717) is 30.2 Å². The number of anilines is 1. The van der Waals surface area contributed by atoms with Crippen molar-refractivity contribution in [3.05, 3.63) is 66.4 Å². The summed E-state index contributed by atoms with van der Waals surface area (Å²) in [6.45, 7) is 6.17. The number of rotatable bonds is 4. The highest BCUT2D eigenvalue weighted by Crippen LogP contribution is 2.31. The van der Waals surface area contributed by atoms with E-state index >= 15 is 0 Å². The maximum Gasteiger partial charge on any atom is 0.258 e. The molecule has 0 fully saturated rings. The normalized spacial score (nSPS) is 15.7. The van der Waals surface area contributed by atoms with Gasteiger partial charge in [0, 0.05) is 18.3 Å². The van der Waals surface area contributed by atoms with Gasteiger partial charge in [-0.25, -0.2) is 4.98 Å². The zero-order chi connectivity index (χ0) is 17.8. The van der Waals surface area contributed by atoms with Gasteiger partial charge < -0.3 is 10.1 Å². The first kappa shape index (κ1) is 16.7. The molecule has 0 aliphatic carbocycles. The number of pyridine rings is 1. The Bertz CT molecular complexity index is 802. The molecule has 1 atom stereocenters. The number of ether oxygens (including phenoxy) is 1. The fraction of sp³-hybridized carbons (Fsp3) is 0.211. The average molecular weight is 337 g/mol. The van der Waals surface area contributed by atoms with Crippen LogP contribution in [0.4, 0.5) is 5.69 Å². The Morgan fingerprint density at radius 3 is 2.84 bits per heavy atom. The van der Waals surface area contributed by atoms with Gasteiger partial charge in [-0.1, -0.05) is 18.7 Å². The highest BCUT2D eigenvalue weighted by atomic mass is 16.5. The van der Waals surface area contributed by atoms with Crippen LogP contribution in [0.5, 0.6) is 5.88 Å². The second-order valence-corrected chi connectivity index (χ2v) is 5.79. The van der Waals surface area contributed by atoms with Crippen molar-refractivity contribution in [2.24, 2.45) is 0 Å². The van der Waals surface area contributed by atoms with Gasteiger partial charge in [0.25, 0.3) is 5.91 Å². The van der Waals surface area contributed by atoms with Gasteiger partial charge in [-0.3, -0.25) is 14.5 Å². The molecular weight excluding hydrogens is 318 g/mol. The van der Waals surface area contributed by atoms with Crippen LogP contribution >= 0.6 is 0 Å². The maximum absolute atomic E-state index is 12.9. The lowest BCUT2D eigenvalue weighted by Gasteiger charge is -2.32. The van der Waals surface area contributed by atoms with Crippen molar-refractivity contribution in [3.63, 3.8) is 0 Å². The molecule has 1 aromatic carbocycles. The average Bonchev–Trinajstić information content (AvgIpc) is 2.65. The maximum atomic E-state index is 12.9. The van der Waals surface area contributed by atoms with Crippen LogP contribution < -0.4 is 15.0 Å². The second-order valence-electron chi connectivity index (χ2n) is 5.79.